The number of hydrogen-bond acceptors (Lipinski definition) is 5. The molecular weight excluding hydrogens is 328 g/mol. The summed E-state index contributed by atoms with van der Waals surface area (Å²) in [4.78, 5) is 36.0. The zero-order valence-corrected chi connectivity index (χ0v) is 13.7. The van der Waals surface area contributed by atoms with Crippen LogP contribution in [-0.4, -0.2) is 41.7 Å². The first-order valence-corrected chi connectivity index (χ1v) is 7.70. The van der Waals surface area contributed by atoms with Crippen LogP contribution in [0.4, 0.5) is 0 Å². The Labute approximate surface area is 143 Å². The molecule has 0 unspecified atom stereocenters. The van der Waals surface area contributed by atoms with Crippen LogP contribution in [-0.2, 0) is 14.3 Å². The van der Waals surface area contributed by atoms with Gasteiger partial charge in [-0.3, -0.25) is 25.2 Å². The van der Waals surface area contributed by atoms with Gasteiger partial charge in [-0.1, -0.05) is 12.2 Å². The van der Waals surface area contributed by atoms with Gasteiger partial charge in [0.25, 0.3) is 5.91 Å². The molecule has 8 nitrogen and oxygen atoms in total. The predicted octanol–water partition coefficient (Wildman–Crippen LogP) is 0.501. The smallest absolute Gasteiger partial charge is 0.310 e. The number of benzene rings is 1. The number of nitrogens with one attached hydrogen (secondary N) is 2. The second-order valence-electron chi connectivity index (χ2n) is 6.14. The molecule has 1 saturated heterocycles. The summed E-state index contributed by atoms with van der Waals surface area (Å²) >= 11 is 0. The molecule has 0 aromatic heterocycles. The van der Waals surface area contributed by atoms with Crippen LogP contribution in [0.1, 0.15) is 17.3 Å². The topological polar surface area (TPSA) is 114 Å². The average molecular weight is 346 g/mol. The van der Waals surface area contributed by atoms with E-state index < -0.39 is 41.3 Å². The Bertz CT molecular complexity index is 744. The normalized spacial score (nSPS) is 29.3. The number of ether oxygens (including phenoxy) is 2. The summed E-state index contributed by atoms with van der Waals surface area (Å²) in [6.07, 6.45) is 2.70. The number of aliphatic carboxylic acids is 1. The number of amides is 2. The molecule has 2 aliphatic rings. The van der Waals surface area contributed by atoms with Crippen molar-refractivity contribution in [3.8, 4) is 5.75 Å². The van der Waals surface area contributed by atoms with Gasteiger partial charge in [0, 0.05) is 5.56 Å². The third kappa shape index (κ3) is 2.96. The second kappa shape index (κ2) is 6.21. The summed E-state index contributed by atoms with van der Waals surface area (Å²) in [6.45, 7) is 1.65. The molecule has 2 aliphatic heterocycles. The van der Waals surface area contributed by atoms with Crippen LogP contribution in [0.3, 0.4) is 0 Å². The van der Waals surface area contributed by atoms with Gasteiger partial charge in [0.2, 0.25) is 5.91 Å². The van der Waals surface area contributed by atoms with E-state index in [9.17, 15) is 19.5 Å². The molecule has 0 saturated carbocycles. The van der Waals surface area contributed by atoms with E-state index in [1.807, 2.05) is 0 Å². The Morgan fingerprint density at radius 1 is 1.20 bits per heavy atom. The fourth-order valence-corrected chi connectivity index (χ4v) is 3.29. The first-order valence-electron chi connectivity index (χ1n) is 7.70. The summed E-state index contributed by atoms with van der Waals surface area (Å²) in [5, 5.41) is 9.38. The monoisotopic (exact) mass is 346 g/mol. The van der Waals surface area contributed by atoms with Crippen molar-refractivity contribution < 1.29 is 29.0 Å². The predicted molar refractivity (Wildman–Crippen MR) is 85.6 cm³/mol. The van der Waals surface area contributed by atoms with Gasteiger partial charge in [0.15, 0.2) is 0 Å². The maximum absolute atomic E-state index is 12.5. The maximum Gasteiger partial charge on any atom is 0.310 e. The number of fused-ring (bicyclic) bond motifs is 2. The number of hydrazine groups is 1. The zero-order valence-electron chi connectivity index (χ0n) is 13.7. The standard InChI is InChI=1S/C17H18N2O6/c1-17-8-7-11(25-17)12(16(22)23)13(17)15(21)19-18-14(20)9-3-5-10(24-2)6-4-9/h3-8,11-13H,1-2H3,(H,18,20)(H,19,21)(H,22,23)/t11-,12+,13-,17-/m1/s1. The Balaban J connectivity index is 1.66. The Morgan fingerprint density at radius 3 is 2.48 bits per heavy atom. The molecule has 8 heteroatoms. The second-order valence-corrected chi connectivity index (χ2v) is 6.14. The van der Waals surface area contributed by atoms with E-state index in [-0.39, 0.29) is 0 Å². The minimum absolute atomic E-state index is 0.325. The van der Waals surface area contributed by atoms with Gasteiger partial charge >= 0.3 is 5.97 Å². The first-order chi connectivity index (χ1) is 11.9. The van der Waals surface area contributed by atoms with E-state index in [1.54, 1.807) is 43.3 Å². The van der Waals surface area contributed by atoms with Gasteiger partial charge in [-0.05, 0) is 31.2 Å². The largest absolute Gasteiger partial charge is 0.497 e. The Kier molecular flexibility index (Phi) is 4.22. The molecule has 1 aromatic carbocycles. The molecule has 0 radical (unpaired) electrons. The van der Waals surface area contributed by atoms with Crippen molar-refractivity contribution in [2.45, 2.75) is 18.6 Å². The highest BCUT2D eigenvalue weighted by molar-refractivity contribution is 5.96. The van der Waals surface area contributed by atoms with Crippen LogP contribution in [0.5, 0.6) is 5.75 Å². The molecule has 1 fully saturated rings. The number of carboxylic acids is 1. The summed E-state index contributed by atoms with van der Waals surface area (Å²) in [5.74, 6) is -3.57. The molecule has 132 valence electrons. The molecule has 25 heavy (non-hydrogen) atoms. The maximum atomic E-state index is 12.5. The molecular formula is C17H18N2O6. The van der Waals surface area contributed by atoms with Crippen molar-refractivity contribution in [3.63, 3.8) is 0 Å². The molecule has 2 heterocycles. The summed E-state index contributed by atoms with van der Waals surface area (Å²) in [5.41, 5.74) is 3.92. The van der Waals surface area contributed by atoms with Crippen LogP contribution in [0.15, 0.2) is 36.4 Å². The highest BCUT2D eigenvalue weighted by Gasteiger charge is 2.59. The third-order valence-corrected chi connectivity index (χ3v) is 4.56. The van der Waals surface area contributed by atoms with Crippen LogP contribution in [0, 0.1) is 11.8 Å². The van der Waals surface area contributed by atoms with E-state index in [2.05, 4.69) is 10.9 Å². The quantitative estimate of drug-likeness (QED) is 0.540. The molecule has 3 rings (SSSR count). The molecule has 4 atom stereocenters. The highest BCUT2D eigenvalue weighted by Crippen LogP contribution is 2.46. The van der Waals surface area contributed by atoms with Gasteiger partial charge in [0.1, 0.15) is 11.7 Å². The minimum Gasteiger partial charge on any atom is -0.497 e. The fourth-order valence-electron chi connectivity index (χ4n) is 3.29. The van der Waals surface area contributed by atoms with Gasteiger partial charge < -0.3 is 14.6 Å². The number of rotatable bonds is 4. The molecule has 0 spiro atoms. The van der Waals surface area contributed by atoms with E-state index in [1.165, 1.54) is 7.11 Å². The lowest BCUT2D eigenvalue weighted by Gasteiger charge is -2.27. The summed E-state index contributed by atoms with van der Waals surface area (Å²) in [6, 6.07) is 6.33. The van der Waals surface area contributed by atoms with Crippen molar-refractivity contribution in [1.29, 1.82) is 0 Å². The van der Waals surface area contributed by atoms with Gasteiger partial charge in [0.05, 0.1) is 24.7 Å². The van der Waals surface area contributed by atoms with E-state index in [0.717, 1.165) is 0 Å². The summed E-state index contributed by atoms with van der Waals surface area (Å²) < 4.78 is 10.6. The average Bonchev–Trinajstić information content (AvgIpc) is 3.12. The SMILES string of the molecule is COc1ccc(C(=O)NNC(=O)[C@H]2[C@@H](C(=O)O)[C@H]3C=C[C@@]2(C)O3)cc1. The van der Waals surface area contributed by atoms with Gasteiger partial charge in [-0.2, -0.15) is 0 Å². The van der Waals surface area contributed by atoms with Crippen molar-refractivity contribution in [3.05, 3.63) is 42.0 Å². The van der Waals surface area contributed by atoms with Gasteiger partial charge in [-0.15, -0.1) is 0 Å². The van der Waals surface area contributed by atoms with Crippen molar-refractivity contribution >= 4 is 17.8 Å². The van der Waals surface area contributed by atoms with Crippen LogP contribution < -0.4 is 15.6 Å². The highest BCUT2D eigenvalue weighted by atomic mass is 16.5. The number of carbonyl (C=O) groups excluding carboxylic acids is 2. The number of hydrogen-bond donors (Lipinski definition) is 3. The van der Waals surface area contributed by atoms with Crippen molar-refractivity contribution in [1.82, 2.24) is 10.9 Å². The number of carbonyl (C=O) groups is 3. The fraction of sp³-hybridized carbons (Fsp3) is 0.353. The lowest BCUT2D eigenvalue weighted by atomic mass is 9.76. The molecule has 2 amide bonds. The van der Waals surface area contributed by atoms with Crippen LogP contribution in [0.25, 0.3) is 0 Å². The van der Waals surface area contributed by atoms with Crippen LogP contribution in [0.2, 0.25) is 0 Å². The zero-order chi connectivity index (χ0) is 18.2. The number of methoxy groups -OCH3 is 1. The first kappa shape index (κ1) is 17.0. The van der Waals surface area contributed by atoms with Gasteiger partial charge in [-0.25, -0.2) is 0 Å². The Morgan fingerprint density at radius 2 is 1.88 bits per heavy atom. The van der Waals surface area contributed by atoms with E-state index >= 15 is 0 Å². The van der Waals surface area contributed by atoms with E-state index in [4.69, 9.17) is 9.47 Å². The molecule has 0 aliphatic carbocycles. The lowest BCUT2D eigenvalue weighted by Crippen LogP contribution is -2.52. The minimum atomic E-state index is -1.11. The summed E-state index contributed by atoms with van der Waals surface area (Å²) in [7, 11) is 1.51. The lowest BCUT2D eigenvalue weighted by molar-refractivity contribution is -0.147. The van der Waals surface area contributed by atoms with Crippen molar-refractivity contribution in [2.24, 2.45) is 11.8 Å². The molecule has 1 aromatic rings. The van der Waals surface area contributed by atoms with E-state index in [0.29, 0.717) is 11.3 Å². The molecule has 3 N–H and O–H groups in total. The van der Waals surface area contributed by atoms with Crippen molar-refractivity contribution in [2.75, 3.05) is 7.11 Å². The van der Waals surface area contributed by atoms with Crippen LogP contribution >= 0.6 is 0 Å². The Hall–Kier alpha value is -2.87. The third-order valence-electron chi connectivity index (χ3n) is 4.56. The molecule has 2 bridgehead atoms. The number of carboxylic acid groups (broad SMARTS) is 1.